The van der Waals surface area contributed by atoms with Gasteiger partial charge in [-0.1, -0.05) is 65.4 Å². The van der Waals surface area contributed by atoms with E-state index in [1.54, 1.807) is 24.3 Å². The van der Waals surface area contributed by atoms with Crippen LogP contribution in [0, 0.1) is 0 Å². The molecule has 0 saturated heterocycles. The van der Waals surface area contributed by atoms with Crippen LogP contribution >= 0.6 is 22.9 Å². The smallest absolute Gasteiger partial charge is 0.238 e. The SMILES string of the molecule is O=S(=O)(Cc1ccc(Cl)cc1)Nc1nnc(CCCc2ccccc2)s1. The van der Waals surface area contributed by atoms with Crippen molar-refractivity contribution in [1.82, 2.24) is 10.2 Å². The summed E-state index contributed by atoms with van der Waals surface area (Å²) >= 11 is 7.09. The molecule has 26 heavy (non-hydrogen) atoms. The van der Waals surface area contributed by atoms with Crippen molar-refractivity contribution in [2.45, 2.75) is 25.0 Å². The average Bonchev–Trinajstić information content (AvgIpc) is 3.04. The summed E-state index contributed by atoms with van der Waals surface area (Å²) in [5.41, 5.74) is 1.94. The highest BCUT2D eigenvalue weighted by Crippen LogP contribution is 2.20. The summed E-state index contributed by atoms with van der Waals surface area (Å²) in [5, 5.41) is 9.71. The molecule has 0 aliphatic carbocycles. The maximum atomic E-state index is 12.3. The first-order valence-corrected chi connectivity index (χ1v) is 11.0. The summed E-state index contributed by atoms with van der Waals surface area (Å²) in [6.45, 7) is 0. The highest BCUT2D eigenvalue weighted by Gasteiger charge is 2.15. The van der Waals surface area contributed by atoms with Crippen LogP contribution in [-0.4, -0.2) is 18.6 Å². The number of rotatable bonds is 8. The van der Waals surface area contributed by atoms with Crippen molar-refractivity contribution < 1.29 is 8.42 Å². The Morgan fingerprint density at radius 1 is 0.923 bits per heavy atom. The van der Waals surface area contributed by atoms with E-state index < -0.39 is 10.0 Å². The van der Waals surface area contributed by atoms with Crippen molar-refractivity contribution in [1.29, 1.82) is 0 Å². The summed E-state index contributed by atoms with van der Waals surface area (Å²) in [4.78, 5) is 0. The highest BCUT2D eigenvalue weighted by molar-refractivity contribution is 7.92. The molecule has 0 aliphatic heterocycles. The number of hydrogen-bond donors (Lipinski definition) is 1. The number of hydrogen-bond acceptors (Lipinski definition) is 5. The molecule has 136 valence electrons. The Kier molecular flexibility index (Phi) is 6.24. The van der Waals surface area contributed by atoms with Gasteiger partial charge in [0.1, 0.15) is 5.01 Å². The Balaban J connectivity index is 1.53. The molecule has 1 N–H and O–H groups in total. The molecule has 0 bridgehead atoms. The zero-order chi connectivity index (χ0) is 18.4. The minimum absolute atomic E-state index is 0.132. The molecule has 3 aromatic rings. The first-order valence-electron chi connectivity index (χ1n) is 8.11. The van der Waals surface area contributed by atoms with E-state index >= 15 is 0 Å². The molecule has 3 rings (SSSR count). The lowest BCUT2D eigenvalue weighted by Gasteiger charge is -2.04. The van der Waals surface area contributed by atoms with Crippen LogP contribution in [0.25, 0.3) is 0 Å². The molecular weight excluding hydrogens is 390 g/mol. The topological polar surface area (TPSA) is 72.0 Å². The monoisotopic (exact) mass is 407 g/mol. The van der Waals surface area contributed by atoms with Gasteiger partial charge in [0, 0.05) is 11.4 Å². The van der Waals surface area contributed by atoms with E-state index in [4.69, 9.17) is 11.6 Å². The van der Waals surface area contributed by atoms with Gasteiger partial charge >= 0.3 is 0 Å². The Hall–Kier alpha value is -1.96. The molecule has 8 heteroatoms. The van der Waals surface area contributed by atoms with E-state index in [0.29, 0.717) is 15.7 Å². The largest absolute Gasteiger partial charge is 0.257 e. The van der Waals surface area contributed by atoms with Gasteiger partial charge < -0.3 is 0 Å². The number of benzene rings is 2. The van der Waals surface area contributed by atoms with Gasteiger partial charge in [-0.2, -0.15) is 0 Å². The van der Waals surface area contributed by atoms with Crippen molar-refractivity contribution in [3.05, 3.63) is 75.8 Å². The summed E-state index contributed by atoms with van der Waals surface area (Å²) < 4.78 is 27.0. The molecular formula is C18H18ClN3O2S2. The first-order chi connectivity index (χ1) is 12.5. The number of halogens is 1. The van der Waals surface area contributed by atoms with Gasteiger partial charge in [-0.3, -0.25) is 4.72 Å². The normalized spacial score (nSPS) is 11.4. The molecule has 0 aliphatic rings. The van der Waals surface area contributed by atoms with Crippen molar-refractivity contribution in [3.8, 4) is 0 Å². The van der Waals surface area contributed by atoms with E-state index in [1.165, 1.54) is 16.9 Å². The van der Waals surface area contributed by atoms with Crippen LogP contribution in [0.5, 0.6) is 0 Å². The molecule has 0 atom stereocenters. The van der Waals surface area contributed by atoms with Crippen LogP contribution in [0.15, 0.2) is 54.6 Å². The standard InChI is InChI=1S/C18H18ClN3O2S2/c19-16-11-9-15(10-12-16)13-26(23,24)22-18-21-20-17(25-18)8-4-7-14-5-2-1-3-6-14/h1-3,5-6,9-12H,4,7-8,13H2,(H,21,22). The first kappa shape index (κ1) is 18.8. The Bertz CT molecular complexity index is 942. The second-order valence-electron chi connectivity index (χ2n) is 5.83. The lowest BCUT2D eigenvalue weighted by molar-refractivity contribution is 0.600. The minimum atomic E-state index is -3.54. The fourth-order valence-electron chi connectivity index (χ4n) is 2.45. The van der Waals surface area contributed by atoms with Crippen LogP contribution in [0.2, 0.25) is 5.02 Å². The molecule has 0 amide bonds. The molecule has 2 aromatic carbocycles. The maximum Gasteiger partial charge on any atom is 0.238 e. The summed E-state index contributed by atoms with van der Waals surface area (Å²) in [5.74, 6) is -0.132. The number of anilines is 1. The Morgan fingerprint density at radius 3 is 2.38 bits per heavy atom. The predicted molar refractivity (Wildman–Crippen MR) is 106 cm³/mol. The zero-order valence-corrected chi connectivity index (χ0v) is 16.3. The minimum Gasteiger partial charge on any atom is -0.257 e. The third-order valence-electron chi connectivity index (χ3n) is 3.68. The van der Waals surface area contributed by atoms with Crippen LogP contribution in [0.4, 0.5) is 5.13 Å². The zero-order valence-electron chi connectivity index (χ0n) is 13.9. The third kappa shape index (κ3) is 5.79. The van der Waals surface area contributed by atoms with Crippen LogP contribution in [0.3, 0.4) is 0 Å². The molecule has 0 spiro atoms. The second-order valence-corrected chi connectivity index (χ2v) is 9.05. The number of aryl methyl sites for hydroxylation is 2. The van der Waals surface area contributed by atoms with Crippen molar-refractivity contribution in [3.63, 3.8) is 0 Å². The van der Waals surface area contributed by atoms with Gasteiger partial charge in [0.25, 0.3) is 0 Å². The average molecular weight is 408 g/mol. The number of aromatic nitrogens is 2. The fourth-order valence-corrected chi connectivity index (χ4v) is 4.77. The molecule has 5 nitrogen and oxygen atoms in total. The Labute approximate surface area is 162 Å². The third-order valence-corrected chi connectivity index (χ3v) is 6.18. The summed E-state index contributed by atoms with van der Waals surface area (Å²) in [6.07, 6.45) is 2.67. The molecule has 0 saturated carbocycles. The maximum absolute atomic E-state index is 12.3. The van der Waals surface area contributed by atoms with Gasteiger partial charge in [-0.05, 0) is 36.1 Å². The summed E-state index contributed by atoms with van der Waals surface area (Å²) in [7, 11) is -3.54. The van der Waals surface area contributed by atoms with Crippen molar-refractivity contribution >= 4 is 38.1 Å². The number of nitrogens with zero attached hydrogens (tertiary/aromatic N) is 2. The van der Waals surface area contributed by atoms with E-state index in [9.17, 15) is 8.42 Å². The second kappa shape index (κ2) is 8.62. The molecule has 1 aromatic heterocycles. The van der Waals surface area contributed by atoms with Crippen molar-refractivity contribution in [2.24, 2.45) is 0 Å². The van der Waals surface area contributed by atoms with Gasteiger partial charge in [-0.15, -0.1) is 10.2 Å². The van der Waals surface area contributed by atoms with E-state index in [0.717, 1.165) is 24.3 Å². The highest BCUT2D eigenvalue weighted by atomic mass is 35.5. The molecule has 1 heterocycles. The number of sulfonamides is 1. The van der Waals surface area contributed by atoms with Crippen molar-refractivity contribution in [2.75, 3.05) is 4.72 Å². The van der Waals surface area contributed by atoms with Gasteiger partial charge in [0.15, 0.2) is 0 Å². The molecule has 0 radical (unpaired) electrons. The number of nitrogens with one attached hydrogen (secondary N) is 1. The van der Waals surface area contributed by atoms with Crippen LogP contribution < -0.4 is 4.72 Å². The summed E-state index contributed by atoms with van der Waals surface area (Å²) in [6, 6.07) is 16.9. The van der Waals surface area contributed by atoms with E-state index in [-0.39, 0.29) is 5.75 Å². The Morgan fingerprint density at radius 2 is 1.65 bits per heavy atom. The lowest BCUT2D eigenvalue weighted by atomic mass is 10.1. The van der Waals surface area contributed by atoms with Gasteiger partial charge in [0.05, 0.1) is 5.75 Å². The van der Waals surface area contributed by atoms with Crippen LogP contribution in [0.1, 0.15) is 22.6 Å². The molecule has 0 fully saturated rings. The van der Waals surface area contributed by atoms with E-state index in [2.05, 4.69) is 27.1 Å². The predicted octanol–water partition coefficient (Wildman–Crippen LogP) is 4.31. The van der Waals surface area contributed by atoms with E-state index in [1.807, 2.05) is 18.2 Å². The van der Waals surface area contributed by atoms with Gasteiger partial charge in [0.2, 0.25) is 15.2 Å². The fraction of sp³-hybridized carbons (Fsp3) is 0.222. The van der Waals surface area contributed by atoms with Gasteiger partial charge in [-0.25, -0.2) is 8.42 Å². The lowest BCUT2D eigenvalue weighted by Crippen LogP contribution is -2.14. The van der Waals surface area contributed by atoms with Crippen LogP contribution in [-0.2, 0) is 28.6 Å². The quantitative estimate of drug-likeness (QED) is 0.604. The molecule has 0 unspecified atom stereocenters.